The largest absolute Gasteiger partial charge is 0.384 e. The Balaban J connectivity index is 1.49. The Morgan fingerprint density at radius 3 is 2.67 bits per heavy atom. The Morgan fingerprint density at radius 2 is 2.05 bits per heavy atom. The van der Waals surface area contributed by atoms with Crippen LogP contribution in [0.25, 0.3) is 0 Å². The summed E-state index contributed by atoms with van der Waals surface area (Å²) in [5, 5.41) is 0. The van der Waals surface area contributed by atoms with Crippen molar-refractivity contribution in [1.29, 1.82) is 0 Å². The van der Waals surface area contributed by atoms with E-state index in [1.807, 2.05) is 23.2 Å². The van der Waals surface area contributed by atoms with Gasteiger partial charge in [0, 0.05) is 46.0 Å². The number of amides is 1. The molecule has 0 unspecified atom stereocenters. The molecule has 114 valence electrons. The van der Waals surface area contributed by atoms with Gasteiger partial charge in [-0.2, -0.15) is 0 Å². The minimum Gasteiger partial charge on any atom is -0.384 e. The second kappa shape index (κ2) is 6.54. The van der Waals surface area contributed by atoms with Crippen molar-refractivity contribution in [3.8, 4) is 0 Å². The van der Waals surface area contributed by atoms with E-state index in [-0.39, 0.29) is 5.91 Å². The smallest absolute Gasteiger partial charge is 0.224 e. The van der Waals surface area contributed by atoms with E-state index < -0.39 is 0 Å². The van der Waals surface area contributed by atoms with E-state index in [9.17, 15) is 4.79 Å². The summed E-state index contributed by atoms with van der Waals surface area (Å²) in [7, 11) is 1.64. The van der Waals surface area contributed by atoms with Crippen LogP contribution in [0.5, 0.6) is 0 Å². The number of methoxy groups -OCH3 is 1. The SMILES string of the molecule is COCCC(=O)N1C[C@@H]2CN(Cc3ccccn3)C[C@H]2C1. The van der Waals surface area contributed by atoms with Gasteiger partial charge in [-0.3, -0.25) is 14.7 Å². The van der Waals surface area contributed by atoms with Gasteiger partial charge in [-0.25, -0.2) is 0 Å². The zero-order valence-corrected chi connectivity index (χ0v) is 12.6. The number of fused-ring (bicyclic) bond motifs is 1. The Morgan fingerprint density at radius 1 is 1.29 bits per heavy atom. The molecule has 0 aromatic carbocycles. The van der Waals surface area contributed by atoms with Crippen LogP contribution in [0, 0.1) is 11.8 Å². The normalized spacial score (nSPS) is 25.3. The molecule has 0 bridgehead atoms. The second-order valence-corrected chi connectivity index (χ2v) is 6.08. The lowest BCUT2D eigenvalue weighted by molar-refractivity contribution is -0.131. The first-order chi connectivity index (χ1) is 10.3. The Bertz CT molecular complexity index is 466. The third-order valence-electron chi connectivity index (χ3n) is 4.55. The second-order valence-electron chi connectivity index (χ2n) is 6.08. The lowest BCUT2D eigenvalue weighted by Crippen LogP contribution is -2.33. The van der Waals surface area contributed by atoms with Crippen molar-refractivity contribution in [2.45, 2.75) is 13.0 Å². The third kappa shape index (κ3) is 3.41. The molecule has 0 spiro atoms. The van der Waals surface area contributed by atoms with E-state index in [4.69, 9.17) is 4.74 Å². The van der Waals surface area contributed by atoms with Crippen LogP contribution in [0.3, 0.4) is 0 Å². The maximum absolute atomic E-state index is 12.0. The van der Waals surface area contributed by atoms with Crippen LogP contribution in [-0.4, -0.2) is 60.6 Å². The summed E-state index contributed by atoms with van der Waals surface area (Å²) in [6.45, 7) is 5.42. The monoisotopic (exact) mass is 289 g/mol. The Kier molecular flexibility index (Phi) is 4.51. The van der Waals surface area contributed by atoms with Crippen molar-refractivity contribution in [3.05, 3.63) is 30.1 Å². The van der Waals surface area contributed by atoms with Gasteiger partial charge in [-0.05, 0) is 24.0 Å². The number of ether oxygens (including phenoxy) is 1. The molecule has 2 aliphatic heterocycles. The molecule has 0 N–H and O–H groups in total. The van der Waals surface area contributed by atoms with E-state index in [1.165, 1.54) is 0 Å². The first kappa shape index (κ1) is 14.5. The summed E-state index contributed by atoms with van der Waals surface area (Å²) in [5.74, 6) is 1.49. The van der Waals surface area contributed by atoms with Crippen molar-refractivity contribution in [3.63, 3.8) is 0 Å². The maximum Gasteiger partial charge on any atom is 0.224 e. The van der Waals surface area contributed by atoms with Crippen LogP contribution < -0.4 is 0 Å². The Hall–Kier alpha value is -1.46. The minimum absolute atomic E-state index is 0.238. The van der Waals surface area contributed by atoms with Crippen LogP contribution in [0.4, 0.5) is 0 Å². The highest BCUT2D eigenvalue weighted by molar-refractivity contribution is 5.76. The fraction of sp³-hybridized carbons (Fsp3) is 0.625. The molecular formula is C16H23N3O2. The number of nitrogens with zero attached hydrogens (tertiary/aromatic N) is 3. The zero-order chi connectivity index (χ0) is 14.7. The number of rotatable bonds is 5. The van der Waals surface area contributed by atoms with Crippen molar-refractivity contribution in [2.75, 3.05) is 39.9 Å². The molecule has 0 saturated carbocycles. The number of aromatic nitrogens is 1. The molecule has 3 rings (SSSR count). The van der Waals surface area contributed by atoms with Gasteiger partial charge < -0.3 is 9.64 Å². The van der Waals surface area contributed by atoms with Crippen molar-refractivity contribution in [2.24, 2.45) is 11.8 Å². The summed E-state index contributed by atoms with van der Waals surface area (Å²) in [6, 6.07) is 6.07. The molecule has 1 aromatic rings. The molecule has 21 heavy (non-hydrogen) atoms. The first-order valence-electron chi connectivity index (χ1n) is 7.65. The highest BCUT2D eigenvalue weighted by Crippen LogP contribution is 2.31. The fourth-order valence-corrected chi connectivity index (χ4v) is 3.49. The molecule has 0 radical (unpaired) electrons. The van der Waals surface area contributed by atoms with Gasteiger partial charge in [0.05, 0.1) is 18.7 Å². The van der Waals surface area contributed by atoms with Gasteiger partial charge in [0.25, 0.3) is 0 Å². The number of hydrogen-bond acceptors (Lipinski definition) is 4. The highest BCUT2D eigenvalue weighted by Gasteiger charge is 2.41. The summed E-state index contributed by atoms with van der Waals surface area (Å²) in [5.41, 5.74) is 1.13. The molecule has 5 nitrogen and oxygen atoms in total. The van der Waals surface area contributed by atoms with Crippen LogP contribution in [0.15, 0.2) is 24.4 Å². The molecular weight excluding hydrogens is 266 g/mol. The van der Waals surface area contributed by atoms with E-state index >= 15 is 0 Å². The average Bonchev–Trinajstić information content (AvgIpc) is 3.04. The fourth-order valence-electron chi connectivity index (χ4n) is 3.49. The van der Waals surface area contributed by atoms with Gasteiger partial charge in [-0.1, -0.05) is 6.07 Å². The van der Waals surface area contributed by atoms with Crippen LogP contribution >= 0.6 is 0 Å². The minimum atomic E-state index is 0.238. The number of carbonyl (C=O) groups excluding carboxylic acids is 1. The van der Waals surface area contributed by atoms with Crippen LogP contribution in [0.1, 0.15) is 12.1 Å². The summed E-state index contributed by atoms with van der Waals surface area (Å²) in [6.07, 6.45) is 2.36. The molecule has 2 aliphatic rings. The first-order valence-corrected chi connectivity index (χ1v) is 7.65. The predicted molar refractivity (Wildman–Crippen MR) is 79.6 cm³/mol. The van der Waals surface area contributed by atoms with E-state index in [2.05, 4.69) is 16.0 Å². The number of hydrogen-bond donors (Lipinski definition) is 0. The number of likely N-dealkylation sites (tertiary alicyclic amines) is 2. The van der Waals surface area contributed by atoms with Crippen molar-refractivity contribution < 1.29 is 9.53 Å². The standard InChI is InChI=1S/C16H23N3O2/c1-21-7-5-16(20)19-10-13-8-18(9-14(13)11-19)12-15-4-2-3-6-17-15/h2-4,6,13-14H,5,7-12H2,1H3/t13-,14-/m0/s1. The van der Waals surface area contributed by atoms with Gasteiger partial charge >= 0.3 is 0 Å². The Labute approximate surface area is 125 Å². The molecule has 3 heterocycles. The van der Waals surface area contributed by atoms with Crippen LogP contribution in [-0.2, 0) is 16.1 Å². The van der Waals surface area contributed by atoms with Gasteiger partial charge in [0.15, 0.2) is 0 Å². The lowest BCUT2D eigenvalue weighted by atomic mass is 10.0. The third-order valence-corrected chi connectivity index (χ3v) is 4.55. The van der Waals surface area contributed by atoms with Gasteiger partial charge in [0.2, 0.25) is 5.91 Å². The van der Waals surface area contributed by atoms with Crippen LogP contribution in [0.2, 0.25) is 0 Å². The summed E-state index contributed by atoms with van der Waals surface area (Å²) in [4.78, 5) is 20.9. The summed E-state index contributed by atoms with van der Waals surface area (Å²) >= 11 is 0. The van der Waals surface area contributed by atoms with E-state index in [1.54, 1.807) is 7.11 Å². The molecule has 5 heteroatoms. The zero-order valence-electron chi connectivity index (χ0n) is 12.6. The van der Waals surface area contributed by atoms with Gasteiger partial charge in [-0.15, -0.1) is 0 Å². The molecule has 0 aliphatic carbocycles. The average molecular weight is 289 g/mol. The molecule has 2 saturated heterocycles. The molecule has 2 atom stereocenters. The van der Waals surface area contributed by atoms with E-state index in [0.29, 0.717) is 24.9 Å². The molecule has 1 aromatic heterocycles. The quantitative estimate of drug-likeness (QED) is 0.811. The van der Waals surface area contributed by atoms with Gasteiger partial charge in [0.1, 0.15) is 0 Å². The molecule has 2 fully saturated rings. The molecule has 1 amide bonds. The number of carbonyl (C=O) groups is 1. The highest BCUT2D eigenvalue weighted by atomic mass is 16.5. The van der Waals surface area contributed by atoms with Crippen molar-refractivity contribution >= 4 is 5.91 Å². The lowest BCUT2D eigenvalue weighted by Gasteiger charge is -2.21. The maximum atomic E-state index is 12.0. The van der Waals surface area contributed by atoms with Crippen molar-refractivity contribution in [1.82, 2.24) is 14.8 Å². The number of pyridine rings is 1. The topological polar surface area (TPSA) is 45.7 Å². The summed E-state index contributed by atoms with van der Waals surface area (Å²) < 4.78 is 4.99. The predicted octanol–water partition coefficient (Wildman–Crippen LogP) is 1.01. The van der Waals surface area contributed by atoms with E-state index in [0.717, 1.165) is 38.4 Å².